The van der Waals surface area contributed by atoms with Crippen LogP contribution in [-0.2, 0) is 0 Å². The third kappa shape index (κ3) is 6.73. The van der Waals surface area contributed by atoms with Gasteiger partial charge in [0, 0.05) is 33.5 Å². The Kier molecular flexibility index (Phi) is 9.54. The molecule has 0 saturated carbocycles. The van der Waals surface area contributed by atoms with Crippen molar-refractivity contribution >= 4 is 71.2 Å². The van der Waals surface area contributed by atoms with E-state index in [0.29, 0.717) is 0 Å². The van der Waals surface area contributed by atoms with Gasteiger partial charge in [-0.05, 0) is 144 Å². The highest BCUT2D eigenvalue weighted by molar-refractivity contribution is 6.16. The molecule has 68 heavy (non-hydrogen) atoms. The van der Waals surface area contributed by atoms with Gasteiger partial charge in [0.2, 0.25) is 0 Å². The molecular weight excluding hydrogens is 821 g/mol. The van der Waals surface area contributed by atoms with E-state index < -0.39 is 0 Å². The number of aromatic nitrogens is 1. The maximum absolute atomic E-state index is 2.41. The largest absolute Gasteiger partial charge is 0.310 e. The lowest BCUT2D eigenvalue weighted by atomic mass is 9.94. The zero-order chi connectivity index (χ0) is 45.0. The number of nitrogens with zero attached hydrogens (tertiary/aromatic N) is 2. The van der Waals surface area contributed by atoms with Crippen LogP contribution in [0.5, 0.6) is 0 Å². The summed E-state index contributed by atoms with van der Waals surface area (Å²) < 4.78 is 2.39. The van der Waals surface area contributed by atoms with Crippen LogP contribution in [0, 0.1) is 0 Å². The Labute approximate surface area is 395 Å². The van der Waals surface area contributed by atoms with Crippen molar-refractivity contribution < 1.29 is 0 Å². The van der Waals surface area contributed by atoms with Crippen molar-refractivity contribution in [2.45, 2.75) is 0 Å². The van der Waals surface area contributed by atoms with Gasteiger partial charge in [-0.2, -0.15) is 0 Å². The van der Waals surface area contributed by atoms with Crippen LogP contribution >= 0.6 is 0 Å². The molecule has 1 aromatic heterocycles. The van der Waals surface area contributed by atoms with Gasteiger partial charge in [0.05, 0.1) is 11.0 Å². The van der Waals surface area contributed by atoms with Crippen LogP contribution in [0.3, 0.4) is 0 Å². The van der Waals surface area contributed by atoms with Crippen molar-refractivity contribution in [2.75, 3.05) is 4.90 Å². The average molecular weight is 865 g/mol. The van der Waals surface area contributed by atoms with Crippen LogP contribution in [0.25, 0.3) is 104 Å². The van der Waals surface area contributed by atoms with Gasteiger partial charge in [-0.15, -0.1) is 0 Å². The van der Waals surface area contributed by atoms with Gasteiger partial charge in [0.25, 0.3) is 0 Å². The summed E-state index contributed by atoms with van der Waals surface area (Å²) >= 11 is 0. The maximum Gasteiger partial charge on any atom is 0.0547 e. The van der Waals surface area contributed by atoms with E-state index in [1.165, 1.54) is 93.1 Å². The molecule has 0 amide bonds. The van der Waals surface area contributed by atoms with Crippen molar-refractivity contribution in [1.82, 2.24) is 4.57 Å². The Morgan fingerprint density at radius 2 is 0.765 bits per heavy atom. The number of benzene rings is 12. The number of fused-ring (bicyclic) bond motifs is 7. The van der Waals surface area contributed by atoms with Crippen LogP contribution in [0.4, 0.5) is 17.1 Å². The second kappa shape index (κ2) is 16.5. The molecule has 13 aromatic rings. The van der Waals surface area contributed by atoms with E-state index in [2.05, 4.69) is 276 Å². The SMILES string of the molecule is c1ccc(-n2c3ccccc3c3c(-c4cccc(N(c5ccc(-c6cccc(-c7cccc8ccccc78)c6)cc5)c5cccc(-c6cccc7c6ccc6ccccc67)c5)c4)cccc32)cc1. The molecule has 13 rings (SSSR count). The predicted molar refractivity (Wildman–Crippen MR) is 290 cm³/mol. The molecule has 0 saturated heterocycles. The Bertz CT molecular complexity index is 4020. The Hall–Kier alpha value is -8.98. The standard InChI is InChI=1S/C66H44N2/c1-2-23-52(24-3-1)68-64-34-9-8-29-63(64)66-60(32-15-35-65(66)68)51-22-12-26-55(44-51)67(54-25-11-21-50(43-54)59-31-14-33-61-57-28-7-5-17-47(57)38-41-62(59)61)53-39-36-45(37-40-53)48-19-10-20-49(42-48)58-30-13-18-46-16-4-6-27-56(46)58/h1-44H. The first-order valence-corrected chi connectivity index (χ1v) is 23.4. The minimum Gasteiger partial charge on any atom is -0.310 e. The average Bonchev–Trinajstić information content (AvgIpc) is 3.76. The zero-order valence-electron chi connectivity index (χ0n) is 37.3. The topological polar surface area (TPSA) is 8.17 Å². The summed E-state index contributed by atoms with van der Waals surface area (Å²) in [7, 11) is 0. The van der Waals surface area contributed by atoms with Crippen molar-refractivity contribution in [3.8, 4) is 50.2 Å². The molecule has 0 spiro atoms. The minimum absolute atomic E-state index is 1.08. The van der Waals surface area contributed by atoms with Crippen LogP contribution in [0.15, 0.2) is 267 Å². The summed E-state index contributed by atoms with van der Waals surface area (Å²) in [6, 6.07) is 97.5. The highest BCUT2D eigenvalue weighted by Gasteiger charge is 2.19. The summed E-state index contributed by atoms with van der Waals surface area (Å²) in [5.74, 6) is 0. The maximum atomic E-state index is 2.41. The van der Waals surface area contributed by atoms with E-state index in [4.69, 9.17) is 0 Å². The third-order valence-corrected chi connectivity index (χ3v) is 13.8. The lowest BCUT2D eigenvalue weighted by Gasteiger charge is -2.27. The van der Waals surface area contributed by atoms with Crippen molar-refractivity contribution in [2.24, 2.45) is 0 Å². The quantitative estimate of drug-likeness (QED) is 0.138. The van der Waals surface area contributed by atoms with Gasteiger partial charge >= 0.3 is 0 Å². The molecule has 318 valence electrons. The highest BCUT2D eigenvalue weighted by atomic mass is 15.1. The Balaban J connectivity index is 0.957. The smallest absolute Gasteiger partial charge is 0.0547 e. The fourth-order valence-corrected chi connectivity index (χ4v) is 10.6. The van der Waals surface area contributed by atoms with Crippen LogP contribution in [-0.4, -0.2) is 4.57 Å². The van der Waals surface area contributed by atoms with Crippen molar-refractivity contribution in [3.63, 3.8) is 0 Å². The number of hydrogen-bond donors (Lipinski definition) is 0. The molecule has 0 aliphatic heterocycles. The number of rotatable bonds is 8. The molecule has 2 heteroatoms. The van der Waals surface area contributed by atoms with E-state index in [-0.39, 0.29) is 0 Å². The summed E-state index contributed by atoms with van der Waals surface area (Å²) in [5, 5.41) is 10.0. The molecule has 0 unspecified atom stereocenters. The van der Waals surface area contributed by atoms with Crippen molar-refractivity contribution in [3.05, 3.63) is 267 Å². The van der Waals surface area contributed by atoms with Crippen LogP contribution < -0.4 is 4.90 Å². The highest BCUT2D eigenvalue weighted by Crippen LogP contribution is 2.44. The Morgan fingerprint density at radius 1 is 0.250 bits per heavy atom. The van der Waals surface area contributed by atoms with Crippen LogP contribution in [0.2, 0.25) is 0 Å². The molecule has 2 nitrogen and oxygen atoms in total. The number of hydrogen-bond acceptors (Lipinski definition) is 1. The van der Waals surface area contributed by atoms with E-state index >= 15 is 0 Å². The van der Waals surface area contributed by atoms with Crippen LogP contribution in [0.1, 0.15) is 0 Å². The molecule has 0 N–H and O–H groups in total. The first-order valence-electron chi connectivity index (χ1n) is 23.4. The Morgan fingerprint density at radius 3 is 1.54 bits per heavy atom. The molecule has 0 aliphatic carbocycles. The van der Waals surface area contributed by atoms with Gasteiger partial charge < -0.3 is 9.47 Å². The van der Waals surface area contributed by atoms with E-state index in [1.54, 1.807) is 0 Å². The fourth-order valence-electron chi connectivity index (χ4n) is 10.6. The predicted octanol–water partition coefficient (Wildman–Crippen LogP) is 18.4. The molecule has 0 fully saturated rings. The van der Waals surface area contributed by atoms with E-state index in [9.17, 15) is 0 Å². The lowest BCUT2D eigenvalue weighted by Crippen LogP contribution is -2.10. The van der Waals surface area contributed by atoms with E-state index in [1.807, 2.05) is 0 Å². The fraction of sp³-hybridized carbons (Fsp3) is 0. The molecular formula is C66H44N2. The molecule has 0 radical (unpaired) electrons. The summed E-state index contributed by atoms with van der Waals surface area (Å²) in [6.07, 6.45) is 0. The summed E-state index contributed by atoms with van der Waals surface area (Å²) in [5.41, 5.74) is 16.3. The van der Waals surface area contributed by atoms with Crippen molar-refractivity contribution in [1.29, 1.82) is 0 Å². The number of para-hydroxylation sites is 2. The molecule has 1 heterocycles. The molecule has 12 aromatic carbocycles. The summed E-state index contributed by atoms with van der Waals surface area (Å²) in [6.45, 7) is 0. The van der Waals surface area contributed by atoms with Gasteiger partial charge in [0.1, 0.15) is 0 Å². The minimum atomic E-state index is 1.08. The molecule has 0 bridgehead atoms. The summed E-state index contributed by atoms with van der Waals surface area (Å²) in [4.78, 5) is 2.41. The monoisotopic (exact) mass is 864 g/mol. The molecule has 0 aliphatic rings. The lowest BCUT2D eigenvalue weighted by molar-refractivity contribution is 1.18. The third-order valence-electron chi connectivity index (χ3n) is 13.8. The van der Waals surface area contributed by atoms with Gasteiger partial charge in [-0.1, -0.05) is 200 Å². The van der Waals surface area contributed by atoms with E-state index in [0.717, 1.165) is 28.3 Å². The second-order valence-electron chi connectivity index (χ2n) is 17.7. The molecule has 0 atom stereocenters. The first kappa shape index (κ1) is 39.4. The first-order chi connectivity index (χ1) is 33.7. The van der Waals surface area contributed by atoms with Gasteiger partial charge in [-0.25, -0.2) is 0 Å². The second-order valence-corrected chi connectivity index (χ2v) is 17.7. The zero-order valence-corrected chi connectivity index (χ0v) is 37.3. The van der Waals surface area contributed by atoms with Gasteiger partial charge in [0.15, 0.2) is 0 Å². The number of anilines is 3. The normalized spacial score (nSPS) is 11.5. The van der Waals surface area contributed by atoms with Gasteiger partial charge in [-0.3, -0.25) is 0 Å².